The van der Waals surface area contributed by atoms with Gasteiger partial charge in [0.05, 0.1) is 10.9 Å². The lowest BCUT2D eigenvalue weighted by atomic mass is 10.2. The quantitative estimate of drug-likeness (QED) is 0.643. The number of anilines is 1. The van der Waals surface area contributed by atoms with Crippen LogP contribution in [0.15, 0.2) is 30.6 Å². The molecule has 0 aliphatic carbocycles. The zero-order chi connectivity index (χ0) is 14.1. The number of rotatable bonds is 3. The number of carbonyl (C=O) groups is 1. The number of nitrogens with one attached hydrogen (secondary N) is 2. The lowest BCUT2D eigenvalue weighted by Gasteiger charge is -2.09. The Bertz CT molecular complexity index is 749. The first-order valence-electron chi connectivity index (χ1n) is 6.08. The Morgan fingerprint density at radius 2 is 2.30 bits per heavy atom. The summed E-state index contributed by atoms with van der Waals surface area (Å²) < 4.78 is 1.04. The number of nitrogens with zero attached hydrogens (tertiary/aromatic N) is 2. The van der Waals surface area contributed by atoms with Crippen LogP contribution in [-0.4, -0.2) is 21.1 Å². The van der Waals surface area contributed by atoms with Gasteiger partial charge in [0, 0.05) is 10.4 Å². The van der Waals surface area contributed by atoms with Gasteiger partial charge in [-0.1, -0.05) is 0 Å². The highest BCUT2D eigenvalue weighted by Gasteiger charge is 2.15. The van der Waals surface area contributed by atoms with Crippen LogP contribution in [0.2, 0.25) is 0 Å². The third kappa shape index (κ3) is 2.35. The Balaban J connectivity index is 1.82. The second kappa shape index (κ2) is 4.93. The summed E-state index contributed by atoms with van der Waals surface area (Å²) in [5.74, 6) is 0.498. The molecule has 1 atom stereocenters. The van der Waals surface area contributed by atoms with E-state index in [4.69, 9.17) is 5.73 Å². The SMILES string of the molecule is CC(NC(=O)c1cc2cc(N)ccc2s1)c1ncn[nH]1. The number of amides is 1. The topological polar surface area (TPSA) is 96.7 Å². The molecule has 0 saturated heterocycles. The van der Waals surface area contributed by atoms with Crippen LogP contribution in [-0.2, 0) is 0 Å². The number of aromatic amines is 1. The molecule has 0 aliphatic rings. The van der Waals surface area contributed by atoms with Crippen molar-refractivity contribution < 1.29 is 4.79 Å². The second-order valence-corrected chi connectivity index (χ2v) is 5.56. The Hall–Kier alpha value is -2.41. The molecule has 1 aromatic carbocycles. The highest BCUT2D eigenvalue weighted by molar-refractivity contribution is 7.20. The normalized spacial score (nSPS) is 12.4. The van der Waals surface area contributed by atoms with Crippen molar-refractivity contribution in [1.29, 1.82) is 0 Å². The van der Waals surface area contributed by atoms with E-state index in [1.807, 2.05) is 31.2 Å². The summed E-state index contributed by atoms with van der Waals surface area (Å²) in [6, 6.07) is 7.24. The minimum Gasteiger partial charge on any atom is -0.399 e. The summed E-state index contributed by atoms with van der Waals surface area (Å²) in [7, 11) is 0. The maximum absolute atomic E-state index is 12.2. The number of aromatic nitrogens is 3. The largest absolute Gasteiger partial charge is 0.399 e. The molecule has 0 fully saturated rings. The average Bonchev–Trinajstić information content (AvgIpc) is 3.07. The van der Waals surface area contributed by atoms with E-state index in [1.54, 1.807) is 0 Å². The molecule has 0 spiro atoms. The number of thiophene rings is 1. The van der Waals surface area contributed by atoms with Crippen molar-refractivity contribution in [1.82, 2.24) is 20.5 Å². The predicted molar refractivity (Wildman–Crippen MR) is 78.5 cm³/mol. The molecule has 102 valence electrons. The molecule has 2 heterocycles. The zero-order valence-electron chi connectivity index (χ0n) is 10.8. The number of nitrogen functional groups attached to an aromatic ring is 1. The van der Waals surface area contributed by atoms with Crippen molar-refractivity contribution in [3.05, 3.63) is 41.3 Å². The predicted octanol–water partition coefficient (Wildman–Crippen LogP) is 2.09. The first-order valence-corrected chi connectivity index (χ1v) is 6.90. The highest BCUT2D eigenvalue weighted by atomic mass is 32.1. The Kier molecular flexibility index (Phi) is 3.11. The van der Waals surface area contributed by atoms with Crippen LogP contribution >= 0.6 is 11.3 Å². The van der Waals surface area contributed by atoms with Gasteiger partial charge in [-0.2, -0.15) is 5.10 Å². The molecular formula is C13H13N5OS. The molecule has 7 heteroatoms. The van der Waals surface area contributed by atoms with Gasteiger partial charge in [-0.15, -0.1) is 11.3 Å². The van der Waals surface area contributed by atoms with E-state index in [0.29, 0.717) is 16.4 Å². The van der Waals surface area contributed by atoms with Crippen molar-refractivity contribution in [2.75, 3.05) is 5.73 Å². The number of benzene rings is 1. The Morgan fingerprint density at radius 1 is 1.45 bits per heavy atom. The van der Waals surface area contributed by atoms with Crippen LogP contribution in [0.1, 0.15) is 28.5 Å². The van der Waals surface area contributed by atoms with E-state index < -0.39 is 0 Å². The second-order valence-electron chi connectivity index (χ2n) is 4.47. The molecule has 3 aromatic rings. The van der Waals surface area contributed by atoms with Crippen LogP contribution in [0, 0.1) is 0 Å². The fourth-order valence-corrected chi connectivity index (χ4v) is 2.88. The third-order valence-electron chi connectivity index (χ3n) is 2.96. The highest BCUT2D eigenvalue weighted by Crippen LogP contribution is 2.27. The maximum atomic E-state index is 12.2. The molecule has 0 saturated carbocycles. The molecule has 4 N–H and O–H groups in total. The first kappa shape index (κ1) is 12.6. The van der Waals surface area contributed by atoms with Crippen LogP contribution in [0.25, 0.3) is 10.1 Å². The maximum Gasteiger partial charge on any atom is 0.261 e. The molecule has 0 radical (unpaired) electrons. The van der Waals surface area contributed by atoms with E-state index in [2.05, 4.69) is 20.5 Å². The van der Waals surface area contributed by atoms with Gasteiger partial charge in [-0.05, 0) is 36.6 Å². The molecule has 0 aliphatic heterocycles. The van der Waals surface area contributed by atoms with Crippen molar-refractivity contribution in [2.24, 2.45) is 0 Å². The molecule has 0 bridgehead atoms. The Morgan fingerprint density at radius 3 is 3.05 bits per heavy atom. The average molecular weight is 287 g/mol. The van der Waals surface area contributed by atoms with E-state index in [9.17, 15) is 4.79 Å². The van der Waals surface area contributed by atoms with Crippen molar-refractivity contribution in [3.63, 3.8) is 0 Å². The van der Waals surface area contributed by atoms with E-state index in [0.717, 1.165) is 10.1 Å². The monoisotopic (exact) mass is 287 g/mol. The fourth-order valence-electron chi connectivity index (χ4n) is 1.93. The number of carbonyl (C=O) groups excluding carboxylic acids is 1. The van der Waals surface area contributed by atoms with Gasteiger partial charge in [0.2, 0.25) is 0 Å². The summed E-state index contributed by atoms with van der Waals surface area (Å²) in [5.41, 5.74) is 6.43. The molecule has 3 rings (SSSR count). The van der Waals surface area contributed by atoms with E-state index in [1.165, 1.54) is 17.7 Å². The van der Waals surface area contributed by atoms with Gasteiger partial charge in [0.15, 0.2) is 0 Å². The number of hydrogen-bond donors (Lipinski definition) is 3. The van der Waals surface area contributed by atoms with Gasteiger partial charge < -0.3 is 11.1 Å². The summed E-state index contributed by atoms with van der Waals surface area (Å²) in [4.78, 5) is 16.9. The molecular weight excluding hydrogens is 274 g/mol. The van der Waals surface area contributed by atoms with Crippen LogP contribution in [0.4, 0.5) is 5.69 Å². The van der Waals surface area contributed by atoms with Crippen molar-refractivity contribution in [3.8, 4) is 0 Å². The summed E-state index contributed by atoms with van der Waals surface area (Å²) in [6.07, 6.45) is 1.42. The Labute approximate surface area is 119 Å². The third-order valence-corrected chi connectivity index (χ3v) is 4.07. The number of nitrogens with two attached hydrogens (primary N) is 1. The standard InChI is InChI=1S/C13H13N5OS/c1-7(12-15-6-16-18-12)17-13(19)11-5-8-4-9(14)2-3-10(8)20-11/h2-7H,14H2,1H3,(H,17,19)(H,15,16,18). The number of fused-ring (bicyclic) bond motifs is 1. The molecule has 2 aromatic heterocycles. The van der Waals surface area contributed by atoms with E-state index >= 15 is 0 Å². The van der Waals surface area contributed by atoms with Gasteiger partial charge >= 0.3 is 0 Å². The van der Waals surface area contributed by atoms with Gasteiger partial charge in [-0.25, -0.2) is 4.98 Å². The molecule has 1 amide bonds. The van der Waals surface area contributed by atoms with Crippen LogP contribution < -0.4 is 11.1 Å². The van der Waals surface area contributed by atoms with Gasteiger partial charge in [-0.3, -0.25) is 9.89 Å². The van der Waals surface area contributed by atoms with E-state index in [-0.39, 0.29) is 11.9 Å². The van der Waals surface area contributed by atoms with Crippen molar-refractivity contribution in [2.45, 2.75) is 13.0 Å². The lowest BCUT2D eigenvalue weighted by Crippen LogP contribution is -2.26. The van der Waals surface area contributed by atoms with Crippen LogP contribution in [0.3, 0.4) is 0 Å². The number of hydrogen-bond acceptors (Lipinski definition) is 5. The van der Waals surface area contributed by atoms with Crippen LogP contribution in [0.5, 0.6) is 0 Å². The molecule has 20 heavy (non-hydrogen) atoms. The summed E-state index contributed by atoms with van der Waals surface area (Å²) in [5, 5.41) is 10.4. The minimum atomic E-state index is -0.222. The van der Waals surface area contributed by atoms with Gasteiger partial charge in [0.25, 0.3) is 5.91 Å². The first-order chi connectivity index (χ1) is 9.63. The zero-order valence-corrected chi connectivity index (χ0v) is 11.6. The van der Waals surface area contributed by atoms with Gasteiger partial charge in [0.1, 0.15) is 12.2 Å². The smallest absolute Gasteiger partial charge is 0.261 e. The van der Waals surface area contributed by atoms with Crippen molar-refractivity contribution >= 4 is 33.0 Å². The lowest BCUT2D eigenvalue weighted by molar-refractivity contribution is 0.0942. The fraction of sp³-hybridized carbons (Fsp3) is 0.154. The number of H-pyrrole nitrogens is 1. The molecule has 1 unspecified atom stereocenters. The molecule has 6 nitrogen and oxygen atoms in total. The minimum absolute atomic E-state index is 0.131. The summed E-state index contributed by atoms with van der Waals surface area (Å²) >= 11 is 1.44. The summed E-state index contributed by atoms with van der Waals surface area (Å²) in [6.45, 7) is 1.85.